The Balaban J connectivity index is 1.78. The second kappa shape index (κ2) is 7.76. The first-order valence-corrected chi connectivity index (χ1v) is 8.93. The van der Waals surface area contributed by atoms with Crippen molar-refractivity contribution in [2.45, 2.75) is 13.8 Å². The van der Waals surface area contributed by atoms with Crippen LogP contribution < -0.4 is 4.74 Å². The van der Waals surface area contributed by atoms with Gasteiger partial charge < -0.3 is 14.8 Å². The third kappa shape index (κ3) is 4.18. The van der Waals surface area contributed by atoms with E-state index in [1.165, 1.54) is 12.1 Å². The lowest BCUT2D eigenvalue weighted by atomic mass is 10.1. The lowest BCUT2D eigenvalue weighted by molar-refractivity contribution is -0.120. The highest BCUT2D eigenvalue weighted by atomic mass is 35.5. The Labute approximate surface area is 169 Å². The molecule has 9 heteroatoms. The second-order valence-corrected chi connectivity index (χ2v) is 7.16. The summed E-state index contributed by atoms with van der Waals surface area (Å²) in [5.41, 5.74) is 2.86. The molecule has 1 heterocycles. The number of hydrogen-bond donors (Lipinski definition) is 2. The minimum atomic E-state index is -0.671. The Morgan fingerprint density at radius 2 is 1.81 bits per heavy atom. The van der Waals surface area contributed by atoms with Gasteiger partial charge in [0.1, 0.15) is 0 Å². The fourth-order valence-corrected chi connectivity index (χ4v) is 3.59. The van der Waals surface area contributed by atoms with Gasteiger partial charge in [0.2, 0.25) is 5.88 Å². The van der Waals surface area contributed by atoms with Crippen LogP contribution in [0.4, 0.5) is 5.69 Å². The van der Waals surface area contributed by atoms with E-state index in [1.807, 2.05) is 26.0 Å². The summed E-state index contributed by atoms with van der Waals surface area (Å²) in [5.74, 6) is -0.706. The molecule has 0 radical (unpaired) electrons. The average Bonchev–Trinajstić information content (AvgIpc) is 2.88. The van der Waals surface area contributed by atoms with Crippen LogP contribution in [0.2, 0.25) is 15.1 Å². The van der Waals surface area contributed by atoms with Crippen LogP contribution in [0, 0.1) is 13.8 Å². The number of aromatic amines is 1. The SMILES string of the molecule is Cc1cc(C)c2[nH]c(O)c(N=NC(=O)COc3c(Cl)cc(Cl)cc3Cl)c2c1. The zero-order valence-electron chi connectivity index (χ0n) is 14.3. The number of nitrogens with one attached hydrogen (secondary N) is 1. The van der Waals surface area contributed by atoms with Crippen LogP contribution in [-0.2, 0) is 4.79 Å². The number of ether oxygens (including phenoxy) is 1. The number of carbonyl (C=O) groups is 1. The van der Waals surface area contributed by atoms with Gasteiger partial charge in [0, 0.05) is 10.4 Å². The minimum absolute atomic E-state index is 0.132. The quantitative estimate of drug-likeness (QED) is 0.491. The van der Waals surface area contributed by atoms with Crippen LogP contribution in [0.15, 0.2) is 34.5 Å². The number of aromatic hydroxyl groups is 1. The Hall–Kier alpha value is -2.28. The maximum absolute atomic E-state index is 12.0. The number of aromatic nitrogens is 1. The van der Waals surface area contributed by atoms with E-state index in [0.717, 1.165) is 16.6 Å². The van der Waals surface area contributed by atoms with Gasteiger partial charge in [0.05, 0.1) is 15.6 Å². The van der Waals surface area contributed by atoms with E-state index in [4.69, 9.17) is 39.5 Å². The van der Waals surface area contributed by atoms with Crippen molar-refractivity contribution in [3.63, 3.8) is 0 Å². The number of benzene rings is 2. The largest absolute Gasteiger partial charge is 0.493 e. The first kappa shape index (κ1) is 19.5. The van der Waals surface area contributed by atoms with Crippen molar-refractivity contribution in [3.8, 4) is 11.6 Å². The lowest BCUT2D eigenvalue weighted by Crippen LogP contribution is -2.08. The number of hydrogen-bond acceptors (Lipinski definition) is 4. The van der Waals surface area contributed by atoms with Crippen LogP contribution in [0.5, 0.6) is 11.6 Å². The topological polar surface area (TPSA) is 87.0 Å². The summed E-state index contributed by atoms with van der Waals surface area (Å²) in [7, 11) is 0. The highest BCUT2D eigenvalue weighted by Gasteiger charge is 2.14. The van der Waals surface area contributed by atoms with E-state index in [1.54, 1.807) is 0 Å². The molecule has 3 aromatic rings. The van der Waals surface area contributed by atoms with Crippen LogP contribution >= 0.6 is 34.8 Å². The number of carbonyl (C=O) groups excluding carboxylic acids is 1. The predicted octanol–water partition coefficient (Wildman–Crippen LogP) is 6.14. The highest BCUT2D eigenvalue weighted by molar-refractivity contribution is 6.40. The molecule has 1 amide bonds. The number of aryl methyl sites for hydroxylation is 2. The zero-order valence-corrected chi connectivity index (χ0v) is 16.6. The summed E-state index contributed by atoms with van der Waals surface area (Å²) < 4.78 is 5.31. The van der Waals surface area contributed by atoms with Crippen molar-refractivity contribution < 1.29 is 14.6 Å². The van der Waals surface area contributed by atoms with E-state index in [-0.39, 0.29) is 27.4 Å². The van der Waals surface area contributed by atoms with Crippen LogP contribution in [0.1, 0.15) is 11.1 Å². The number of rotatable bonds is 4. The van der Waals surface area contributed by atoms with Gasteiger partial charge in [-0.3, -0.25) is 4.79 Å². The van der Waals surface area contributed by atoms with Gasteiger partial charge in [0.15, 0.2) is 18.0 Å². The minimum Gasteiger partial charge on any atom is -0.493 e. The molecule has 0 unspecified atom stereocenters. The normalized spacial score (nSPS) is 11.4. The summed E-state index contributed by atoms with van der Waals surface area (Å²) in [5, 5.41) is 18.9. The van der Waals surface area contributed by atoms with E-state index in [0.29, 0.717) is 10.4 Å². The number of fused-ring (bicyclic) bond motifs is 1. The first-order valence-electron chi connectivity index (χ1n) is 7.80. The van der Waals surface area contributed by atoms with E-state index >= 15 is 0 Å². The van der Waals surface area contributed by atoms with Crippen LogP contribution in [-0.4, -0.2) is 22.6 Å². The molecule has 0 saturated carbocycles. The predicted molar refractivity (Wildman–Crippen MR) is 106 cm³/mol. The number of amides is 1. The number of halogens is 3. The number of nitrogens with zero attached hydrogens (tertiary/aromatic N) is 2. The van der Waals surface area contributed by atoms with Crippen LogP contribution in [0.25, 0.3) is 10.9 Å². The molecular formula is C18H14Cl3N3O3. The molecule has 0 bridgehead atoms. The Morgan fingerprint density at radius 3 is 2.48 bits per heavy atom. The third-order valence-electron chi connectivity index (χ3n) is 3.77. The molecule has 27 heavy (non-hydrogen) atoms. The molecule has 2 aromatic carbocycles. The van der Waals surface area contributed by atoms with Crippen molar-refractivity contribution in [1.82, 2.24) is 4.98 Å². The third-order valence-corrected chi connectivity index (χ3v) is 4.55. The molecule has 140 valence electrons. The molecular weight excluding hydrogens is 413 g/mol. The van der Waals surface area contributed by atoms with Gasteiger partial charge in [-0.1, -0.05) is 46.4 Å². The Bertz CT molecular complexity index is 1050. The molecule has 0 aliphatic carbocycles. The number of azo groups is 1. The lowest BCUT2D eigenvalue weighted by Gasteiger charge is -2.08. The summed E-state index contributed by atoms with van der Waals surface area (Å²) in [6, 6.07) is 6.72. The van der Waals surface area contributed by atoms with Gasteiger partial charge in [-0.05, 0) is 37.6 Å². The molecule has 0 aliphatic rings. The Morgan fingerprint density at radius 1 is 1.15 bits per heavy atom. The average molecular weight is 427 g/mol. The zero-order chi connectivity index (χ0) is 19.7. The van der Waals surface area contributed by atoms with Crippen molar-refractivity contribution in [2.75, 3.05) is 6.61 Å². The summed E-state index contributed by atoms with van der Waals surface area (Å²) in [6.07, 6.45) is 0. The van der Waals surface area contributed by atoms with E-state index < -0.39 is 12.5 Å². The Kier molecular flexibility index (Phi) is 5.60. The van der Waals surface area contributed by atoms with Crippen molar-refractivity contribution in [1.29, 1.82) is 0 Å². The van der Waals surface area contributed by atoms with E-state index in [2.05, 4.69) is 15.2 Å². The molecule has 0 aliphatic heterocycles. The number of H-pyrrole nitrogens is 1. The van der Waals surface area contributed by atoms with Gasteiger partial charge in [0.25, 0.3) is 0 Å². The molecule has 3 rings (SSSR count). The summed E-state index contributed by atoms with van der Waals surface area (Å²) in [6.45, 7) is 3.41. The van der Waals surface area contributed by atoms with Gasteiger partial charge >= 0.3 is 5.91 Å². The van der Waals surface area contributed by atoms with Crippen LogP contribution in [0.3, 0.4) is 0 Å². The molecule has 0 fully saturated rings. The maximum Gasteiger partial charge on any atom is 0.302 e. The second-order valence-electron chi connectivity index (χ2n) is 5.91. The summed E-state index contributed by atoms with van der Waals surface area (Å²) >= 11 is 17.8. The van der Waals surface area contributed by atoms with Crippen molar-refractivity contribution >= 4 is 57.3 Å². The standard InChI is InChI=1S/C18H14Cl3N3O3/c1-8-3-9(2)15-11(4-8)16(18(26)22-15)24-23-14(25)7-27-17-12(20)5-10(19)6-13(17)21/h3-6,22,26H,7H2,1-2H3. The fourth-order valence-electron chi connectivity index (χ4n) is 2.66. The molecule has 0 atom stereocenters. The van der Waals surface area contributed by atoms with Gasteiger partial charge in [-0.2, -0.15) is 0 Å². The van der Waals surface area contributed by atoms with Crippen molar-refractivity contribution in [2.24, 2.45) is 10.2 Å². The molecule has 2 N–H and O–H groups in total. The molecule has 0 spiro atoms. The highest BCUT2D eigenvalue weighted by Crippen LogP contribution is 2.38. The monoisotopic (exact) mass is 425 g/mol. The van der Waals surface area contributed by atoms with E-state index in [9.17, 15) is 9.90 Å². The molecule has 1 aromatic heterocycles. The van der Waals surface area contributed by atoms with Gasteiger partial charge in [-0.25, -0.2) is 0 Å². The first-order chi connectivity index (χ1) is 12.8. The summed E-state index contributed by atoms with van der Waals surface area (Å²) in [4.78, 5) is 14.8. The molecule has 0 saturated heterocycles. The fraction of sp³-hybridized carbons (Fsp3) is 0.167. The van der Waals surface area contributed by atoms with Gasteiger partial charge in [-0.15, -0.1) is 10.2 Å². The molecule has 6 nitrogen and oxygen atoms in total. The van der Waals surface area contributed by atoms with Crippen molar-refractivity contribution in [3.05, 3.63) is 50.5 Å². The maximum atomic E-state index is 12.0. The smallest absolute Gasteiger partial charge is 0.302 e.